The van der Waals surface area contributed by atoms with E-state index in [4.69, 9.17) is 27.9 Å². The molecule has 0 aliphatic heterocycles. The lowest BCUT2D eigenvalue weighted by Gasteiger charge is -2.10. The van der Waals surface area contributed by atoms with Gasteiger partial charge in [0.05, 0.1) is 12.7 Å². The summed E-state index contributed by atoms with van der Waals surface area (Å²) in [5.41, 5.74) is -0.127. The summed E-state index contributed by atoms with van der Waals surface area (Å²) in [4.78, 5) is 19.2. The molecule has 0 radical (unpaired) electrons. The number of methoxy groups -OCH3 is 1. The molecular formula is C12H9Cl2N3O4S. The second kappa shape index (κ2) is 6.47. The lowest BCUT2D eigenvalue weighted by molar-refractivity contribution is 0.0981. The highest BCUT2D eigenvalue weighted by molar-refractivity contribution is 7.90. The maximum Gasteiger partial charge on any atom is 0.269 e. The number of sulfonamides is 1. The van der Waals surface area contributed by atoms with E-state index in [1.807, 2.05) is 4.72 Å². The Balaban J connectivity index is 2.34. The van der Waals surface area contributed by atoms with Crippen molar-refractivity contribution < 1.29 is 17.9 Å². The Morgan fingerprint density at radius 1 is 1.27 bits per heavy atom. The maximum atomic E-state index is 12.2. The van der Waals surface area contributed by atoms with Crippen molar-refractivity contribution in [2.75, 3.05) is 7.11 Å². The summed E-state index contributed by atoms with van der Waals surface area (Å²) in [5, 5.41) is -0.128. The maximum absolute atomic E-state index is 12.2. The molecule has 10 heteroatoms. The van der Waals surface area contributed by atoms with E-state index in [1.54, 1.807) is 0 Å². The average molecular weight is 362 g/mol. The summed E-state index contributed by atoms with van der Waals surface area (Å²) in [6.45, 7) is 0. The SMILES string of the molecule is COc1ncccc1S(=O)(=O)NC(=O)c1ccc(Cl)nc1Cl. The van der Waals surface area contributed by atoms with Crippen molar-refractivity contribution in [3.63, 3.8) is 0 Å². The highest BCUT2D eigenvalue weighted by atomic mass is 35.5. The van der Waals surface area contributed by atoms with E-state index in [0.29, 0.717) is 0 Å². The monoisotopic (exact) mass is 361 g/mol. The fraction of sp³-hybridized carbons (Fsp3) is 0.0833. The second-order valence-electron chi connectivity index (χ2n) is 3.92. The normalized spacial score (nSPS) is 11.0. The summed E-state index contributed by atoms with van der Waals surface area (Å²) < 4.78 is 31.2. The zero-order chi connectivity index (χ0) is 16.3. The minimum Gasteiger partial charge on any atom is -0.480 e. The van der Waals surface area contributed by atoms with Crippen LogP contribution >= 0.6 is 23.2 Å². The Labute approximate surface area is 136 Å². The molecule has 0 aliphatic rings. The number of rotatable bonds is 4. The number of carbonyl (C=O) groups is 1. The number of ether oxygens (including phenoxy) is 1. The molecule has 0 saturated carbocycles. The third-order valence-electron chi connectivity index (χ3n) is 2.51. The summed E-state index contributed by atoms with van der Waals surface area (Å²) in [7, 11) is -2.92. The topological polar surface area (TPSA) is 98.2 Å². The predicted octanol–water partition coefficient (Wildman–Crippen LogP) is 1.91. The van der Waals surface area contributed by atoms with E-state index in [9.17, 15) is 13.2 Å². The number of pyridine rings is 2. The van der Waals surface area contributed by atoms with Gasteiger partial charge in [0.1, 0.15) is 15.2 Å². The van der Waals surface area contributed by atoms with Crippen LogP contribution in [0.5, 0.6) is 5.88 Å². The van der Waals surface area contributed by atoms with Crippen molar-refractivity contribution in [3.05, 3.63) is 46.3 Å². The second-order valence-corrected chi connectivity index (χ2v) is 6.31. The summed E-state index contributed by atoms with van der Waals surface area (Å²) in [6, 6.07) is 5.24. The van der Waals surface area contributed by atoms with Gasteiger partial charge in [0, 0.05) is 6.20 Å². The van der Waals surface area contributed by atoms with Gasteiger partial charge in [-0.3, -0.25) is 4.79 Å². The van der Waals surface area contributed by atoms with Gasteiger partial charge in [0.25, 0.3) is 15.9 Å². The number of nitrogens with one attached hydrogen (secondary N) is 1. The van der Waals surface area contributed by atoms with Crippen LogP contribution in [-0.2, 0) is 10.0 Å². The Morgan fingerprint density at radius 3 is 2.64 bits per heavy atom. The molecule has 2 heterocycles. The quantitative estimate of drug-likeness (QED) is 0.835. The fourth-order valence-corrected chi connectivity index (χ4v) is 3.07. The van der Waals surface area contributed by atoms with Gasteiger partial charge in [-0.2, -0.15) is 0 Å². The molecule has 0 aliphatic carbocycles. The molecule has 0 aromatic carbocycles. The van der Waals surface area contributed by atoms with Crippen LogP contribution in [0.1, 0.15) is 10.4 Å². The van der Waals surface area contributed by atoms with Crippen molar-refractivity contribution in [2.24, 2.45) is 0 Å². The molecule has 0 fully saturated rings. The van der Waals surface area contributed by atoms with Crippen molar-refractivity contribution >= 4 is 39.1 Å². The predicted molar refractivity (Wildman–Crippen MR) is 79.7 cm³/mol. The average Bonchev–Trinajstić information content (AvgIpc) is 2.46. The van der Waals surface area contributed by atoms with Gasteiger partial charge in [-0.15, -0.1) is 0 Å². The van der Waals surface area contributed by atoms with Gasteiger partial charge in [0.15, 0.2) is 0 Å². The highest BCUT2D eigenvalue weighted by Crippen LogP contribution is 2.21. The molecule has 7 nitrogen and oxygen atoms in total. The molecule has 0 bridgehead atoms. The van der Waals surface area contributed by atoms with Gasteiger partial charge >= 0.3 is 0 Å². The highest BCUT2D eigenvalue weighted by Gasteiger charge is 2.24. The number of halogens is 2. The van der Waals surface area contributed by atoms with E-state index in [1.165, 1.54) is 37.6 Å². The first kappa shape index (κ1) is 16.5. The van der Waals surface area contributed by atoms with E-state index in [2.05, 4.69) is 9.97 Å². The minimum atomic E-state index is -4.18. The lowest BCUT2D eigenvalue weighted by atomic mass is 10.3. The first-order valence-electron chi connectivity index (χ1n) is 5.73. The van der Waals surface area contributed by atoms with Crippen LogP contribution in [0, 0.1) is 0 Å². The van der Waals surface area contributed by atoms with Crippen molar-refractivity contribution in [1.82, 2.24) is 14.7 Å². The van der Waals surface area contributed by atoms with Gasteiger partial charge in [0.2, 0.25) is 5.88 Å². The molecule has 2 aromatic heterocycles. The van der Waals surface area contributed by atoms with Crippen LogP contribution in [0.15, 0.2) is 35.4 Å². The molecule has 0 atom stereocenters. The molecule has 1 N–H and O–H groups in total. The Kier molecular flexibility index (Phi) is 4.84. The van der Waals surface area contributed by atoms with Crippen LogP contribution in [0.3, 0.4) is 0 Å². The lowest BCUT2D eigenvalue weighted by Crippen LogP contribution is -2.31. The smallest absolute Gasteiger partial charge is 0.269 e. The number of hydrogen-bond donors (Lipinski definition) is 1. The first-order chi connectivity index (χ1) is 10.3. The summed E-state index contributed by atoms with van der Waals surface area (Å²) >= 11 is 11.4. The number of amides is 1. The third kappa shape index (κ3) is 3.46. The molecule has 0 unspecified atom stereocenters. The first-order valence-corrected chi connectivity index (χ1v) is 7.97. The van der Waals surface area contributed by atoms with Crippen LogP contribution in [0.25, 0.3) is 0 Å². The molecule has 2 rings (SSSR count). The van der Waals surface area contributed by atoms with E-state index < -0.39 is 15.9 Å². The zero-order valence-corrected chi connectivity index (χ0v) is 13.4. The number of nitrogens with zero attached hydrogens (tertiary/aromatic N) is 2. The number of hydrogen-bond acceptors (Lipinski definition) is 6. The summed E-state index contributed by atoms with van der Waals surface area (Å²) in [5.74, 6) is -1.08. The molecule has 22 heavy (non-hydrogen) atoms. The van der Waals surface area contributed by atoms with E-state index in [-0.39, 0.29) is 26.6 Å². The Morgan fingerprint density at radius 2 is 2.00 bits per heavy atom. The van der Waals surface area contributed by atoms with Gasteiger partial charge < -0.3 is 4.74 Å². The molecule has 116 valence electrons. The number of carbonyl (C=O) groups excluding carboxylic acids is 1. The zero-order valence-electron chi connectivity index (χ0n) is 11.1. The van der Waals surface area contributed by atoms with Gasteiger partial charge in [-0.05, 0) is 24.3 Å². The number of aromatic nitrogens is 2. The van der Waals surface area contributed by atoms with Gasteiger partial charge in [-0.1, -0.05) is 23.2 Å². The Bertz CT molecular complexity index is 827. The molecule has 0 saturated heterocycles. The van der Waals surface area contributed by atoms with E-state index >= 15 is 0 Å². The standard InChI is InChI=1S/C12H9Cl2N3O4S/c1-21-12-8(3-2-6-15-12)22(19,20)17-11(18)7-4-5-9(13)16-10(7)14/h2-6H,1H3,(H,17,18). The molecule has 1 amide bonds. The molecular weight excluding hydrogens is 353 g/mol. The largest absolute Gasteiger partial charge is 0.480 e. The summed E-state index contributed by atoms with van der Waals surface area (Å²) in [6.07, 6.45) is 1.36. The van der Waals surface area contributed by atoms with E-state index in [0.717, 1.165) is 0 Å². The van der Waals surface area contributed by atoms with Crippen LogP contribution < -0.4 is 9.46 Å². The third-order valence-corrected chi connectivity index (χ3v) is 4.35. The molecule has 2 aromatic rings. The Hall–Kier alpha value is -1.90. The minimum absolute atomic E-state index is 0.0818. The van der Waals surface area contributed by atoms with Crippen LogP contribution in [0.4, 0.5) is 0 Å². The van der Waals surface area contributed by atoms with Crippen LogP contribution in [-0.4, -0.2) is 31.4 Å². The van der Waals surface area contributed by atoms with Crippen molar-refractivity contribution in [3.8, 4) is 5.88 Å². The van der Waals surface area contributed by atoms with Crippen molar-refractivity contribution in [1.29, 1.82) is 0 Å². The molecule has 0 spiro atoms. The van der Waals surface area contributed by atoms with Gasteiger partial charge in [-0.25, -0.2) is 23.1 Å². The van der Waals surface area contributed by atoms with Crippen LogP contribution in [0.2, 0.25) is 10.3 Å². The fourth-order valence-electron chi connectivity index (χ4n) is 1.55. The van der Waals surface area contributed by atoms with Crippen molar-refractivity contribution in [2.45, 2.75) is 4.90 Å².